The van der Waals surface area contributed by atoms with Gasteiger partial charge in [0.05, 0.1) is 22.6 Å². The Bertz CT molecular complexity index is 895. The summed E-state index contributed by atoms with van der Waals surface area (Å²) in [5.74, 6) is -1.07. The molecule has 2 aromatic rings. The van der Waals surface area contributed by atoms with E-state index < -0.39 is 11.4 Å². The Kier molecular flexibility index (Phi) is 2.61. The molecular formula is C18H12N2O3. The molecule has 1 amide bonds. The molecule has 0 unspecified atom stereocenters. The number of carboxylic acids is 1. The van der Waals surface area contributed by atoms with Gasteiger partial charge in [-0.25, -0.2) is 4.79 Å². The van der Waals surface area contributed by atoms with E-state index in [2.05, 4.69) is 11.4 Å². The van der Waals surface area contributed by atoms with Crippen molar-refractivity contribution in [1.82, 2.24) is 0 Å². The average molecular weight is 304 g/mol. The topological polar surface area (TPSA) is 90.2 Å². The zero-order valence-electron chi connectivity index (χ0n) is 12.0. The predicted molar refractivity (Wildman–Crippen MR) is 82.2 cm³/mol. The number of hydrogen-bond donors (Lipinski definition) is 2. The number of carbonyl (C=O) groups is 2. The SMILES string of the molecule is N#Cc1ccc([C@H]2C[C@]23C(=O)Nc2ccc(C(=O)O)cc23)cc1. The summed E-state index contributed by atoms with van der Waals surface area (Å²) < 4.78 is 0. The van der Waals surface area contributed by atoms with Crippen LogP contribution in [0.1, 0.15) is 39.4 Å². The van der Waals surface area contributed by atoms with E-state index in [1.807, 2.05) is 12.1 Å². The number of rotatable bonds is 2. The van der Waals surface area contributed by atoms with Crippen LogP contribution in [0.5, 0.6) is 0 Å². The molecule has 1 fully saturated rings. The summed E-state index contributed by atoms with van der Waals surface area (Å²) >= 11 is 0. The van der Waals surface area contributed by atoms with E-state index in [0.717, 1.165) is 11.1 Å². The molecule has 1 heterocycles. The molecule has 0 aromatic heterocycles. The van der Waals surface area contributed by atoms with Crippen molar-refractivity contribution in [2.75, 3.05) is 5.32 Å². The van der Waals surface area contributed by atoms with Crippen molar-refractivity contribution in [2.24, 2.45) is 0 Å². The third-order valence-corrected chi connectivity index (χ3v) is 4.80. The Balaban J connectivity index is 1.76. The van der Waals surface area contributed by atoms with Crippen molar-refractivity contribution in [3.05, 3.63) is 64.7 Å². The van der Waals surface area contributed by atoms with Crippen molar-refractivity contribution in [1.29, 1.82) is 5.26 Å². The largest absolute Gasteiger partial charge is 0.478 e. The maximum absolute atomic E-state index is 12.5. The molecule has 2 atom stereocenters. The molecule has 1 aliphatic carbocycles. The van der Waals surface area contributed by atoms with Crippen LogP contribution >= 0.6 is 0 Å². The fraction of sp³-hybridized carbons (Fsp3) is 0.167. The first-order valence-electron chi connectivity index (χ1n) is 7.25. The van der Waals surface area contributed by atoms with E-state index in [9.17, 15) is 14.7 Å². The highest BCUT2D eigenvalue weighted by Crippen LogP contribution is 2.64. The number of hydrogen-bond acceptors (Lipinski definition) is 3. The van der Waals surface area contributed by atoms with E-state index >= 15 is 0 Å². The lowest BCUT2D eigenvalue weighted by molar-refractivity contribution is -0.118. The molecule has 1 spiro atoms. The lowest BCUT2D eigenvalue weighted by Gasteiger charge is -2.09. The summed E-state index contributed by atoms with van der Waals surface area (Å²) in [6.07, 6.45) is 0.654. The average Bonchev–Trinajstić information content (AvgIpc) is 3.25. The Hall–Kier alpha value is -3.13. The summed E-state index contributed by atoms with van der Waals surface area (Å²) in [5.41, 5.74) is 2.54. The number of fused-ring (bicyclic) bond motifs is 2. The van der Waals surface area contributed by atoms with Gasteiger partial charge in [0.1, 0.15) is 0 Å². The minimum absolute atomic E-state index is 0.0144. The maximum atomic E-state index is 12.5. The van der Waals surface area contributed by atoms with E-state index in [1.165, 1.54) is 6.07 Å². The van der Waals surface area contributed by atoms with Gasteiger partial charge in [0, 0.05) is 11.6 Å². The van der Waals surface area contributed by atoms with Crippen LogP contribution in [0.25, 0.3) is 0 Å². The van der Waals surface area contributed by atoms with Crippen LogP contribution in [0.15, 0.2) is 42.5 Å². The number of anilines is 1. The first-order valence-corrected chi connectivity index (χ1v) is 7.25. The monoisotopic (exact) mass is 304 g/mol. The van der Waals surface area contributed by atoms with Gasteiger partial charge in [-0.3, -0.25) is 4.79 Å². The number of nitriles is 1. The predicted octanol–water partition coefficient (Wildman–Crippen LogP) is 2.63. The standard InChI is InChI=1S/C18H12N2O3/c19-9-10-1-3-11(4-2-10)14-8-18(14)13-7-12(16(21)22)5-6-15(13)20-17(18)23/h1-7,14H,8H2,(H,20,23)(H,21,22)/t14-,18-/m1/s1. The Morgan fingerprint density at radius 3 is 2.65 bits per heavy atom. The van der Waals surface area contributed by atoms with Crippen LogP contribution in [0.3, 0.4) is 0 Å². The summed E-state index contributed by atoms with van der Waals surface area (Å²) in [7, 11) is 0. The quantitative estimate of drug-likeness (QED) is 0.892. The van der Waals surface area contributed by atoms with E-state index in [4.69, 9.17) is 5.26 Å². The third kappa shape index (κ3) is 1.78. The normalized spacial score (nSPS) is 24.0. The highest BCUT2D eigenvalue weighted by atomic mass is 16.4. The molecule has 23 heavy (non-hydrogen) atoms. The van der Waals surface area contributed by atoms with E-state index in [1.54, 1.807) is 24.3 Å². The van der Waals surface area contributed by atoms with Crippen LogP contribution in [0.2, 0.25) is 0 Å². The molecule has 5 heteroatoms. The Morgan fingerprint density at radius 1 is 1.26 bits per heavy atom. The molecule has 0 bridgehead atoms. The molecule has 2 aromatic carbocycles. The molecule has 1 aliphatic heterocycles. The van der Waals surface area contributed by atoms with Crippen molar-refractivity contribution in [2.45, 2.75) is 17.8 Å². The van der Waals surface area contributed by atoms with Crippen LogP contribution < -0.4 is 5.32 Å². The Labute approximate surface area is 132 Å². The molecule has 0 saturated heterocycles. The van der Waals surface area contributed by atoms with Gasteiger partial charge < -0.3 is 10.4 Å². The van der Waals surface area contributed by atoms with Crippen LogP contribution in [-0.2, 0) is 10.2 Å². The van der Waals surface area contributed by atoms with Gasteiger partial charge in [0.25, 0.3) is 0 Å². The van der Waals surface area contributed by atoms with Crippen molar-refractivity contribution in [3.8, 4) is 6.07 Å². The van der Waals surface area contributed by atoms with Crippen molar-refractivity contribution in [3.63, 3.8) is 0 Å². The number of carboxylic acid groups (broad SMARTS) is 1. The highest BCUT2D eigenvalue weighted by molar-refractivity contribution is 6.10. The van der Waals surface area contributed by atoms with Gasteiger partial charge in [-0.1, -0.05) is 12.1 Å². The molecule has 5 nitrogen and oxygen atoms in total. The van der Waals surface area contributed by atoms with Gasteiger partial charge in [0.2, 0.25) is 5.91 Å². The molecule has 2 aliphatic rings. The second-order valence-corrected chi connectivity index (χ2v) is 5.98. The van der Waals surface area contributed by atoms with Gasteiger partial charge in [0.15, 0.2) is 0 Å². The van der Waals surface area contributed by atoms with E-state index in [0.29, 0.717) is 17.7 Å². The smallest absolute Gasteiger partial charge is 0.335 e. The lowest BCUT2D eigenvalue weighted by Crippen LogP contribution is -2.21. The second kappa shape index (κ2) is 4.43. The molecule has 4 rings (SSSR count). The zero-order chi connectivity index (χ0) is 16.2. The summed E-state index contributed by atoms with van der Waals surface area (Å²) in [5, 5.41) is 20.9. The van der Waals surface area contributed by atoms with Crippen LogP contribution in [0, 0.1) is 11.3 Å². The lowest BCUT2D eigenvalue weighted by atomic mass is 9.91. The van der Waals surface area contributed by atoms with Gasteiger partial charge in [-0.05, 0) is 47.9 Å². The first kappa shape index (κ1) is 13.5. The van der Waals surface area contributed by atoms with Gasteiger partial charge in [-0.15, -0.1) is 0 Å². The zero-order valence-corrected chi connectivity index (χ0v) is 12.0. The summed E-state index contributed by atoms with van der Waals surface area (Å²) in [6.45, 7) is 0. The summed E-state index contributed by atoms with van der Waals surface area (Å²) in [4.78, 5) is 23.7. The maximum Gasteiger partial charge on any atom is 0.335 e. The van der Waals surface area contributed by atoms with E-state index in [-0.39, 0.29) is 17.4 Å². The fourth-order valence-electron chi connectivity index (χ4n) is 3.52. The molecule has 1 saturated carbocycles. The second-order valence-electron chi connectivity index (χ2n) is 5.98. The van der Waals surface area contributed by atoms with Crippen LogP contribution in [-0.4, -0.2) is 17.0 Å². The highest BCUT2D eigenvalue weighted by Gasteiger charge is 2.65. The summed E-state index contributed by atoms with van der Waals surface area (Å²) in [6, 6.07) is 14.0. The first-order chi connectivity index (χ1) is 11.1. The number of nitrogens with one attached hydrogen (secondary N) is 1. The number of aromatic carboxylic acids is 1. The van der Waals surface area contributed by atoms with Crippen molar-refractivity contribution < 1.29 is 14.7 Å². The van der Waals surface area contributed by atoms with Crippen molar-refractivity contribution >= 4 is 17.6 Å². The number of nitrogens with zero attached hydrogens (tertiary/aromatic N) is 1. The van der Waals surface area contributed by atoms with Crippen LogP contribution in [0.4, 0.5) is 5.69 Å². The number of amides is 1. The molecule has 0 radical (unpaired) electrons. The third-order valence-electron chi connectivity index (χ3n) is 4.80. The fourth-order valence-corrected chi connectivity index (χ4v) is 3.52. The van der Waals surface area contributed by atoms with Gasteiger partial charge in [-0.2, -0.15) is 5.26 Å². The number of benzene rings is 2. The van der Waals surface area contributed by atoms with Gasteiger partial charge >= 0.3 is 5.97 Å². The minimum atomic E-state index is -1.00. The Morgan fingerprint density at radius 2 is 2.00 bits per heavy atom. The minimum Gasteiger partial charge on any atom is -0.478 e. The molecule has 2 N–H and O–H groups in total. The molecule has 112 valence electrons. The number of carbonyl (C=O) groups excluding carboxylic acids is 1. The molecular weight excluding hydrogens is 292 g/mol.